The van der Waals surface area contributed by atoms with Gasteiger partial charge in [0.05, 0.1) is 34.1 Å². The molecule has 4 rings (SSSR count). The molecule has 0 spiro atoms. The number of alkyl halides is 3. The lowest BCUT2D eigenvalue weighted by molar-refractivity contribution is -0.137. The summed E-state index contributed by atoms with van der Waals surface area (Å²) in [5.74, 6) is 0.707. The van der Waals surface area contributed by atoms with Crippen LogP contribution in [-0.4, -0.2) is 22.1 Å². The molecule has 0 unspecified atom stereocenters. The molecule has 9 heteroatoms. The molecule has 0 N–H and O–H groups in total. The molecule has 0 atom stereocenters. The van der Waals surface area contributed by atoms with E-state index in [1.165, 1.54) is 17.4 Å². The fourth-order valence-corrected chi connectivity index (χ4v) is 3.33. The maximum absolute atomic E-state index is 12.5. The summed E-state index contributed by atoms with van der Waals surface area (Å²) in [6, 6.07) is 7.76. The van der Waals surface area contributed by atoms with E-state index in [9.17, 15) is 13.2 Å². The van der Waals surface area contributed by atoms with Crippen LogP contribution in [-0.2, 0) is 6.18 Å². The number of fused-ring (bicyclic) bond motifs is 1. The second-order valence-electron chi connectivity index (χ2n) is 4.96. The highest BCUT2D eigenvalue weighted by Crippen LogP contribution is 2.33. The molecule has 0 bridgehead atoms. The summed E-state index contributed by atoms with van der Waals surface area (Å²) in [6.07, 6.45) is -1.79. The Bertz CT molecular complexity index is 950. The van der Waals surface area contributed by atoms with E-state index in [0.717, 1.165) is 22.5 Å². The standard InChI is InChI=1S/C14H9F3N2OS.C3H3NS/c1-20-9-3-5-10-12(6-9)21-13(19-10)11-4-2-8(7-18-11)14(15,16)17;1-2-5-3-4-1/h2-7H,1H3;1-3H. The van der Waals surface area contributed by atoms with E-state index in [2.05, 4.69) is 15.0 Å². The molecule has 0 saturated carbocycles. The molecule has 26 heavy (non-hydrogen) atoms. The van der Waals surface area contributed by atoms with Crippen LogP contribution in [0.5, 0.6) is 5.75 Å². The Labute approximate surface area is 155 Å². The van der Waals surface area contributed by atoms with Gasteiger partial charge in [0.2, 0.25) is 0 Å². The largest absolute Gasteiger partial charge is 0.497 e. The highest BCUT2D eigenvalue weighted by molar-refractivity contribution is 7.21. The Morgan fingerprint density at radius 3 is 2.50 bits per heavy atom. The van der Waals surface area contributed by atoms with Gasteiger partial charge in [-0.05, 0) is 30.3 Å². The topological polar surface area (TPSA) is 47.9 Å². The molecule has 0 aliphatic rings. The predicted octanol–water partition coefficient (Wildman–Crippen LogP) is 5.53. The number of nitrogens with zero attached hydrogens (tertiary/aromatic N) is 3. The van der Waals surface area contributed by atoms with Crippen LogP contribution in [0.15, 0.2) is 53.6 Å². The zero-order valence-corrected chi connectivity index (χ0v) is 15.0. The maximum Gasteiger partial charge on any atom is 0.417 e. The van der Waals surface area contributed by atoms with Crippen molar-refractivity contribution in [2.24, 2.45) is 0 Å². The Balaban J connectivity index is 0.000000339. The third kappa shape index (κ3) is 4.36. The van der Waals surface area contributed by atoms with Crippen molar-refractivity contribution in [2.45, 2.75) is 6.18 Å². The quantitative estimate of drug-likeness (QED) is 0.448. The number of methoxy groups -OCH3 is 1. The van der Waals surface area contributed by atoms with Crippen molar-refractivity contribution in [1.82, 2.24) is 15.0 Å². The van der Waals surface area contributed by atoms with E-state index in [1.807, 2.05) is 11.4 Å². The number of hydrogen-bond acceptors (Lipinski definition) is 6. The Kier molecular flexibility index (Phi) is 5.48. The van der Waals surface area contributed by atoms with Gasteiger partial charge in [-0.1, -0.05) is 0 Å². The average molecular weight is 395 g/mol. The molecule has 0 aliphatic heterocycles. The van der Waals surface area contributed by atoms with E-state index in [1.54, 1.807) is 42.3 Å². The number of aromatic nitrogens is 3. The fraction of sp³-hybridized carbons (Fsp3) is 0.118. The molecular weight excluding hydrogens is 383 g/mol. The first-order chi connectivity index (χ1) is 12.5. The van der Waals surface area contributed by atoms with Crippen LogP contribution in [0.2, 0.25) is 0 Å². The van der Waals surface area contributed by atoms with Crippen LogP contribution in [0.4, 0.5) is 13.2 Å². The average Bonchev–Trinajstić information content (AvgIpc) is 3.33. The van der Waals surface area contributed by atoms with Crippen molar-refractivity contribution in [2.75, 3.05) is 7.11 Å². The molecule has 0 saturated heterocycles. The highest BCUT2D eigenvalue weighted by atomic mass is 32.1. The Morgan fingerprint density at radius 1 is 1.12 bits per heavy atom. The number of rotatable bonds is 2. The van der Waals surface area contributed by atoms with E-state index in [4.69, 9.17) is 4.74 Å². The summed E-state index contributed by atoms with van der Waals surface area (Å²) >= 11 is 2.96. The number of benzene rings is 1. The molecule has 4 nitrogen and oxygen atoms in total. The van der Waals surface area contributed by atoms with E-state index in [0.29, 0.717) is 16.5 Å². The maximum atomic E-state index is 12.5. The zero-order valence-electron chi connectivity index (χ0n) is 13.4. The SMILES string of the molecule is COc1ccc2nc(-c3ccc(C(F)(F)F)cn3)sc2c1.c1cscn1. The van der Waals surface area contributed by atoms with Gasteiger partial charge in [-0.2, -0.15) is 13.2 Å². The smallest absolute Gasteiger partial charge is 0.417 e. The van der Waals surface area contributed by atoms with Gasteiger partial charge in [-0.15, -0.1) is 22.7 Å². The summed E-state index contributed by atoms with van der Waals surface area (Å²) in [4.78, 5) is 12.0. The number of ether oxygens (including phenoxy) is 1. The summed E-state index contributed by atoms with van der Waals surface area (Å²) in [5, 5.41) is 2.51. The predicted molar refractivity (Wildman–Crippen MR) is 96.5 cm³/mol. The molecule has 1 aromatic carbocycles. The minimum absolute atomic E-state index is 0.420. The van der Waals surface area contributed by atoms with Crippen molar-refractivity contribution < 1.29 is 17.9 Å². The van der Waals surface area contributed by atoms with Crippen molar-refractivity contribution in [3.05, 3.63) is 59.2 Å². The molecule has 0 fully saturated rings. The monoisotopic (exact) mass is 395 g/mol. The normalized spacial score (nSPS) is 11.1. The number of hydrogen-bond donors (Lipinski definition) is 0. The van der Waals surface area contributed by atoms with Gasteiger partial charge in [0.1, 0.15) is 10.8 Å². The van der Waals surface area contributed by atoms with Gasteiger partial charge < -0.3 is 4.74 Å². The molecule has 3 aromatic heterocycles. The first kappa shape index (κ1) is 18.3. The molecule has 0 radical (unpaired) electrons. The number of thiazole rings is 2. The van der Waals surface area contributed by atoms with Gasteiger partial charge in [-0.25, -0.2) is 4.98 Å². The second-order valence-corrected chi connectivity index (χ2v) is 6.74. The first-order valence-electron chi connectivity index (χ1n) is 7.28. The molecule has 4 aromatic rings. The van der Waals surface area contributed by atoms with Crippen LogP contribution in [0.25, 0.3) is 20.9 Å². The van der Waals surface area contributed by atoms with Crippen LogP contribution in [0.3, 0.4) is 0 Å². The summed E-state index contributed by atoms with van der Waals surface area (Å²) in [6.45, 7) is 0. The van der Waals surface area contributed by atoms with Gasteiger partial charge in [0, 0.05) is 17.8 Å². The van der Waals surface area contributed by atoms with Gasteiger partial charge in [-0.3, -0.25) is 9.97 Å². The lowest BCUT2D eigenvalue weighted by Gasteiger charge is -2.05. The van der Waals surface area contributed by atoms with Crippen LogP contribution < -0.4 is 4.74 Å². The van der Waals surface area contributed by atoms with Crippen LogP contribution in [0.1, 0.15) is 5.56 Å². The minimum Gasteiger partial charge on any atom is -0.497 e. The van der Waals surface area contributed by atoms with Gasteiger partial charge >= 0.3 is 6.18 Å². The van der Waals surface area contributed by atoms with E-state index < -0.39 is 11.7 Å². The third-order valence-electron chi connectivity index (χ3n) is 3.25. The molecule has 0 amide bonds. The van der Waals surface area contributed by atoms with E-state index in [-0.39, 0.29) is 0 Å². The fourth-order valence-electron chi connectivity index (χ4n) is 2.01. The summed E-state index contributed by atoms with van der Waals surface area (Å²) in [7, 11) is 1.57. The van der Waals surface area contributed by atoms with E-state index >= 15 is 0 Å². The highest BCUT2D eigenvalue weighted by Gasteiger charge is 2.30. The molecule has 134 valence electrons. The molecular formula is C17H12F3N3OS2. The lowest BCUT2D eigenvalue weighted by atomic mass is 10.2. The zero-order chi connectivity index (χ0) is 18.6. The van der Waals surface area contributed by atoms with Crippen molar-refractivity contribution in [3.63, 3.8) is 0 Å². The van der Waals surface area contributed by atoms with Gasteiger partial charge in [0.25, 0.3) is 0 Å². The third-order valence-corrected chi connectivity index (χ3v) is 4.82. The summed E-state index contributed by atoms with van der Waals surface area (Å²) in [5.41, 5.74) is 2.20. The van der Waals surface area contributed by atoms with Crippen molar-refractivity contribution in [1.29, 1.82) is 0 Å². The number of pyridine rings is 1. The van der Waals surface area contributed by atoms with Crippen LogP contribution in [0, 0.1) is 0 Å². The molecule has 3 heterocycles. The van der Waals surface area contributed by atoms with Crippen molar-refractivity contribution >= 4 is 32.9 Å². The Hall–Kier alpha value is -2.52. The minimum atomic E-state index is -4.38. The summed E-state index contributed by atoms with van der Waals surface area (Å²) < 4.78 is 43.5. The van der Waals surface area contributed by atoms with Gasteiger partial charge in [0.15, 0.2) is 0 Å². The Morgan fingerprint density at radius 2 is 1.96 bits per heavy atom. The number of halogens is 3. The first-order valence-corrected chi connectivity index (χ1v) is 9.03. The van der Waals surface area contributed by atoms with Crippen LogP contribution >= 0.6 is 22.7 Å². The van der Waals surface area contributed by atoms with Crippen molar-refractivity contribution in [3.8, 4) is 16.5 Å². The lowest BCUT2D eigenvalue weighted by Crippen LogP contribution is -2.05. The second kappa shape index (κ2) is 7.79. The molecule has 0 aliphatic carbocycles.